The summed E-state index contributed by atoms with van der Waals surface area (Å²) in [4.78, 5) is 2.23. The molecule has 0 radical (unpaired) electrons. The van der Waals surface area contributed by atoms with E-state index in [1.807, 2.05) is 36.4 Å². The highest BCUT2D eigenvalue weighted by molar-refractivity contribution is 5.49. The molecule has 3 heteroatoms. The first-order valence-corrected chi connectivity index (χ1v) is 6.36. The van der Waals surface area contributed by atoms with Gasteiger partial charge in [0, 0.05) is 18.8 Å². The van der Waals surface area contributed by atoms with Crippen LogP contribution in [0, 0.1) is 5.82 Å². The standard InChI is InChI=1S/C16H18FNO/c1-3-18(12-13-4-6-14(17)7-5-13)15-8-10-16(19-2)11-9-15/h4-11H,3,12H2,1-2H3. The second-order valence-corrected chi connectivity index (χ2v) is 4.34. The van der Waals surface area contributed by atoms with E-state index in [1.54, 1.807) is 7.11 Å². The van der Waals surface area contributed by atoms with E-state index in [2.05, 4.69) is 11.8 Å². The third kappa shape index (κ3) is 3.47. The molecule has 100 valence electrons. The molecular formula is C16H18FNO. The highest BCUT2D eigenvalue weighted by Crippen LogP contribution is 2.21. The Labute approximate surface area is 113 Å². The number of halogens is 1. The molecule has 0 aliphatic rings. The highest BCUT2D eigenvalue weighted by atomic mass is 19.1. The Balaban J connectivity index is 2.12. The largest absolute Gasteiger partial charge is 0.497 e. The summed E-state index contributed by atoms with van der Waals surface area (Å²) >= 11 is 0. The van der Waals surface area contributed by atoms with Crippen LogP contribution in [0.25, 0.3) is 0 Å². The summed E-state index contributed by atoms with van der Waals surface area (Å²) in [6.45, 7) is 3.76. The lowest BCUT2D eigenvalue weighted by Crippen LogP contribution is -2.21. The summed E-state index contributed by atoms with van der Waals surface area (Å²) < 4.78 is 18.0. The van der Waals surface area contributed by atoms with Gasteiger partial charge in [0.25, 0.3) is 0 Å². The molecule has 0 spiro atoms. The molecule has 2 aromatic carbocycles. The van der Waals surface area contributed by atoms with E-state index in [4.69, 9.17) is 4.74 Å². The number of rotatable bonds is 5. The predicted molar refractivity (Wildman–Crippen MR) is 76.1 cm³/mol. The van der Waals surface area contributed by atoms with Crippen LogP contribution in [0.4, 0.5) is 10.1 Å². The Kier molecular flexibility index (Phi) is 4.39. The van der Waals surface area contributed by atoms with E-state index in [0.717, 1.165) is 30.1 Å². The maximum absolute atomic E-state index is 12.9. The molecule has 0 aliphatic carbocycles. The van der Waals surface area contributed by atoms with Gasteiger partial charge in [0.1, 0.15) is 11.6 Å². The molecule has 0 unspecified atom stereocenters. The summed E-state index contributed by atoms with van der Waals surface area (Å²) in [6.07, 6.45) is 0. The third-order valence-corrected chi connectivity index (χ3v) is 3.11. The van der Waals surface area contributed by atoms with Crippen molar-refractivity contribution >= 4 is 5.69 Å². The average Bonchev–Trinajstić information content (AvgIpc) is 2.47. The normalized spacial score (nSPS) is 10.3. The minimum Gasteiger partial charge on any atom is -0.497 e. The SMILES string of the molecule is CCN(Cc1ccc(F)cc1)c1ccc(OC)cc1. The molecule has 19 heavy (non-hydrogen) atoms. The van der Waals surface area contributed by atoms with E-state index in [1.165, 1.54) is 12.1 Å². The fourth-order valence-electron chi connectivity index (χ4n) is 1.99. The van der Waals surface area contributed by atoms with Gasteiger partial charge in [-0.25, -0.2) is 4.39 Å². The lowest BCUT2D eigenvalue weighted by Gasteiger charge is -2.23. The van der Waals surface area contributed by atoms with Gasteiger partial charge in [-0.05, 0) is 48.9 Å². The topological polar surface area (TPSA) is 12.5 Å². The first-order valence-electron chi connectivity index (χ1n) is 6.36. The molecule has 0 bridgehead atoms. The lowest BCUT2D eigenvalue weighted by molar-refractivity contribution is 0.415. The molecule has 0 atom stereocenters. The first kappa shape index (κ1) is 13.4. The zero-order valence-corrected chi connectivity index (χ0v) is 11.3. The maximum atomic E-state index is 12.9. The highest BCUT2D eigenvalue weighted by Gasteiger charge is 2.05. The van der Waals surface area contributed by atoms with Crippen molar-refractivity contribution in [2.45, 2.75) is 13.5 Å². The summed E-state index contributed by atoms with van der Waals surface area (Å²) in [5, 5.41) is 0. The van der Waals surface area contributed by atoms with Crippen LogP contribution >= 0.6 is 0 Å². The zero-order valence-electron chi connectivity index (χ0n) is 11.3. The van der Waals surface area contributed by atoms with Crippen molar-refractivity contribution < 1.29 is 9.13 Å². The Morgan fingerprint density at radius 1 is 1.00 bits per heavy atom. The zero-order chi connectivity index (χ0) is 13.7. The predicted octanol–water partition coefficient (Wildman–Crippen LogP) is 3.86. The van der Waals surface area contributed by atoms with Gasteiger partial charge in [-0.15, -0.1) is 0 Å². The molecule has 0 fully saturated rings. The van der Waals surface area contributed by atoms with Crippen molar-refractivity contribution in [3.05, 3.63) is 59.9 Å². The van der Waals surface area contributed by atoms with Gasteiger partial charge < -0.3 is 9.64 Å². The summed E-state index contributed by atoms with van der Waals surface area (Å²) in [7, 11) is 1.66. The lowest BCUT2D eigenvalue weighted by atomic mass is 10.2. The number of hydrogen-bond acceptors (Lipinski definition) is 2. The molecule has 0 saturated carbocycles. The van der Waals surface area contributed by atoms with E-state index < -0.39 is 0 Å². The number of ether oxygens (including phenoxy) is 1. The molecular weight excluding hydrogens is 241 g/mol. The molecule has 2 aromatic rings. The minimum absolute atomic E-state index is 0.198. The van der Waals surface area contributed by atoms with Gasteiger partial charge in [-0.2, -0.15) is 0 Å². The van der Waals surface area contributed by atoms with Crippen LogP contribution < -0.4 is 9.64 Å². The van der Waals surface area contributed by atoms with Crippen molar-refractivity contribution in [1.82, 2.24) is 0 Å². The van der Waals surface area contributed by atoms with Crippen molar-refractivity contribution in [3.63, 3.8) is 0 Å². The molecule has 2 rings (SSSR count). The molecule has 0 aromatic heterocycles. The van der Waals surface area contributed by atoms with Crippen LogP contribution in [-0.4, -0.2) is 13.7 Å². The molecule has 0 amide bonds. The van der Waals surface area contributed by atoms with E-state index in [-0.39, 0.29) is 5.82 Å². The fraction of sp³-hybridized carbons (Fsp3) is 0.250. The average molecular weight is 259 g/mol. The van der Waals surface area contributed by atoms with Gasteiger partial charge >= 0.3 is 0 Å². The van der Waals surface area contributed by atoms with Crippen LogP contribution in [0.2, 0.25) is 0 Å². The van der Waals surface area contributed by atoms with Crippen LogP contribution in [-0.2, 0) is 6.54 Å². The van der Waals surface area contributed by atoms with Crippen molar-refractivity contribution in [2.24, 2.45) is 0 Å². The van der Waals surface area contributed by atoms with E-state index in [0.29, 0.717) is 0 Å². The number of anilines is 1. The monoisotopic (exact) mass is 259 g/mol. The van der Waals surface area contributed by atoms with Crippen LogP contribution in [0.1, 0.15) is 12.5 Å². The Hall–Kier alpha value is -2.03. The Bertz CT molecular complexity index is 507. The molecule has 2 nitrogen and oxygen atoms in total. The number of nitrogens with zero attached hydrogens (tertiary/aromatic N) is 1. The summed E-state index contributed by atoms with van der Waals surface area (Å²) in [6, 6.07) is 14.6. The smallest absolute Gasteiger partial charge is 0.123 e. The summed E-state index contributed by atoms with van der Waals surface area (Å²) in [5.74, 6) is 0.651. The van der Waals surface area contributed by atoms with E-state index >= 15 is 0 Å². The first-order chi connectivity index (χ1) is 9.22. The molecule has 0 heterocycles. The van der Waals surface area contributed by atoms with E-state index in [9.17, 15) is 4.39 Å². The van der Waals surface area contributed by atoms with Crippen LogP contribution in [0.5, 0.6) is 5.75 Å². The molecule has 0 N–H and O–H groups in total. The van der Waals surface area contributed by atoms with Crippen molar-refractivity contribution in [3.8, 4) is 5.75 Å². The Morgan fingerprint density at radius 3 is 2.16 bits per heavy atom. The third-order valence-electron chi connectivity index (χ3n) is 3.11. The fourth-order valence-corrected chi connectivity index (χ4v) is 1.99. The van der Waals surface area contributed by atoms with Gasteiger partial charge in [-0.3, -0.25) is 0 Å². The minimum atomic E-state index is -0.198. The van der Waals surface area contributed by atoms with Gasteiger partial charge in [0.15, 0.2) is 0 Å². The number of hydrogen-bond donors (Lipinski definition) is 0. The molecule has 0 aliphatic heterocycles. The quantitative estimate of drug-likeness (QED) is 0.808. The van der Waals surface area contributed by atoms with Crippen molar-refractivity contribution in [2.75, 3.05) is 18.6 Å². The van der Waals surface area contributed by atoms with Crippen LogP contribution in [0.3, 0.4) is 0 Å². The van der Waals surface area contributed by atoms with Gasteiger partial charge in [0.05, 0.1) is 7.11 Å². The maximum Gasteiger partial charge on any atom is 0.123 e. The van der Waals surface area contributed by atoms with Crippen LogP contribution in [0.15, 0.2) is 48.5 Å². The number of benzene rings is 2. The second-order valence-electron chi connectivity index (χ2n) is 4.34. The van der Waals surface area contributed by atoms with Gasteiger partial charge in [-0.1, -0.05) is 12.1 Å². The Morgan fingerprint density at radius 2 is 1.63 bits per heavy atom. The van der Waals surface area contributed by atoms with Gasteiger partial charge in [0.2, 0.25) is 0 Å². The molecule has 0 saturated heterocycles. The second kappa shape index (κ2) is 6.23. The number of methoxy groups -OCH3 is 1. The van der Waals surface area contributed by atoms with Crippen molar-refractivity contribution in [1.29, 1.82) is 0 Å². The summed E-state index contributed by atoms with van der Waals surface area (Å²) in [5.41, 5.74) is 2.23.